The molecular weight excluding hydrogens is 372 g/mol. The number of rotatable bonds is 2. The number of sulfone groups is 1. The lowest BCUT2D eigenvalue weighted by Crippen LogP contribution is -2.26. The third-order valence-corrected chi connectivity index (χ3v) is 7.04. The highest BCUT2D eigenvalue weighted by Gasteiger charge is 2.35. The molecule has 130 valence electrons. The fourth-order valence-electron chi connectivity index (χ4n) is 2.93. The van der Waals surface area contributed by atoms with E-state index in [0.29, 0.717) is 33.6 Å². The summed E-state index contributed by atoms with van der Waals surface area (Å²) in [6.45, 7) is 1.78. The molecule has 0 spiro atoms. The zero-order valence-corrected chi connectivity index (χ0v) is 15.9. The molecule has 0 N–H and O–H groups in total. The Hall–Kier alpha value is -1.45. The Morgan fingerprint density at radius 3 is 2.50 bits per heavy atom. The number of halogens is 1. The van der Waals surface area contributed by atoms with E-state index in [-0.39, 0.29) is 23.5 Å². The number of aryl methyl sites for hydroxylation is 1. The van der Waals surface area contributed by atoms with Crippen molar-refractivity contribution >= 4 is 50.8 Å². The lowest BCUT2D eigenvalue weighted by molar-refractivity contribution is -0.121. The predicted octanol–water partition coefficient (Wildman–Crippen LogP) is 1.23. The molecule has 3 heterocycles. The molecule has 1 amide bonds. The van der Waals surface area contributed by atoms with Gasteiger partial charge in [0.05, 0.1) is 23.2 Å². The normalized spacial score (nSPS) is 25.3. The first-order valence-electron chi connectivity index (χ1n) is 7.35. The van der Waals surface area contributed by atoms with Crippen molar-refractivity contribution in [1.82, 2.24) is 19.6 Å². The van der Waals surface area contributed by atoms with E-state index >= 15 is 0 Å². The number of hydrogen-bond acceptors (Lipinski definition) is 5. The van der Waals surface area contributed by atoms with Gasteiger partial charge in [0, 0.05) is 19.7 Å². The van der Waals surface area contributed by atoms with Gasteiger partial charge in [-0.15, -0.1) is 0 Å². The van der Waals surface area contributed by atoms with Crippen LogP contribution in [0.4, 0.5) is 0 Å². The molecule has 7 nitrogen and oxygen atoms in total. The number of carbonyl (C=O) groups excluding carboxylic acids is 1. The molecule has 0 aliphatic carbocycles. The first-order chi connectivity index (χ1) is 11.1. The van der Waals surface area contributed by atoms with Gasteiger partial charge < -0.3 is 4.90 Å². The van der Waals surface area contributed by atoms with Crippen molar-refractivity contribution in [3.05, 3.63) is 22.1 Å². The standard InChI is InChI=1S/C14H17ClN4O3S2/c1-8-10(6-11-13(20)18(3)14(23)17(11)2)12(15)19(16-8)9-4-5-24(21,22)7-9/h6,9H,4-5,7H2,1-3H3. The quantitative estimate of drug-likeness (QED) is 0.560. The highest BCUT2D eigenvalue weighted by Crippen LogP contribution is 2.32. The van der Waals surface area contributed by atoms with Gasteiger partial charge in [-0.1, -0.05) is 11.6 Å². The molecule has 1 aromatic rings. The van der Waals surface area contributed by atoms with Gasteiger partial charge in [0.25, 0.3) is 5.91 Å². The minimum absolute atomic E-state index is 0.0372. The molecule has 0 radical (unpaired) electrons. The van der Waals surface area contributed by atoms with Crippen LogP contribution in [-0.2, 0) is 14.6 Å². The lowest BCUT2D eigenvalue weighted by Gasteiger charge is -2.11. The van der Waals surface area contributed by atoms with E-state index in [4.69, 9.17) is 23.8 Å². The molecule has 0 saturated carbocycles. The van der Waals surface area contributed by atoms with Crippen LogP contribution in [0.1, 0.15) is 23.7 Å². The molecule has 10 heteroatoms. The Morgan fingerprint density at radius 2 is 2.00 bits per heavy atom. The number of amides is 1. The molecule has 3 rings (SSSR count). The molecule has 0 bridgehead atoms. The van der Waals surface area contributed by atoms with E-state index in [1.807, 2.05) is 0 Å². The topological polar surface area (TPSA) is 75.5 Å². The molecule has 2 saturated heterocycles. The lowest BCUT2D eigenvalue weighted by atomic mass is 10.2. The maximum absolute atomic E-state index is 12.3. The third-order valence-electron chi connectivity index (χ3n) is 4.37. The van der Waals surface area contributed by atoms with E-state index in [1.165, 1.54) is 4.90 Å². The van der Waals surface area contributed by atoms with Crippen LogP contribution in [0.15, 0.2) is 5.70 Å². The van der Waals surface area contributed by atoms with Gasteiger partial charge in [-0.25, -0.2) is 13.1 Å². The summed E-state index contributed by atoms with van der Waals surface area (Å²) in [5, 5.41) is 5.14. The fourth-order valence-corrected chi connectivity index (χ4v) is 5.17. The second kappa shape index (κ2) is 5.82. The summed E-state index contributed by atoms with van der Waals surface area (Å²) in [5.41, 5.74) is 1.65. The summed E-state index contributed by atoms with van der Waals surface area (Å²) in [5.74, 6) is -0.0341. The van der Waals surface area contributed by atoms with Gasteiger partial charge in [-0.2, -0.15) is 5.10 Å². The SMILES string of the molecule is Cc1nn(C2CCS(=O)(=O)C2)c(Cl)c1C=C1C(=O)N(C)C(=S)N1C. The summed E-state index contributed by atoms with van der Waals surface area (Å²) in [6.07, 6.45) is 2.15. The summed E-state index contributed by atoms with van der Waals surface area (Å²) in [6, 6.07) is -0.269. The third kappa shape index (κ3) is 2.74. The first-order valence-corrected chi connectivity index (χ1v) is 9.95. The second-order valence-electron chi connectivity index (χ2n) is 6.03. The molecule has 2 fully saturated rings. The molecular formula is C14H17ClN4O3S2. The van der Waals surface area contributed by atoms with Crippen LogP contribution in [0.2, 0.25) is 5.15 Å². The number of carbonyl (C=O) groups is 1. The van der Waals surface area contributed by atoms with Gasteiger partial charge in [-0.05, 0) is 31.6 Å². The molecule has 2 aliphatic heterocycles. The van der Waals surface area contributed by atoms with Crippen molar-refractivity contribution < 1.29 is 13.2 Å². The Kier molecular flexibility index (Phi) is 4.21. The number of thiocarbonyl (C=S) groups is 1. The maximum Gasteiger partial charge on any atom is 0.276 e. The number of aromatic nitrogens is 2. The van der Waals surface area contributed by atoms with Crippen molar-refractivity contribution in [2.45, 2.75) is 19.4 Å². The first kappa shape index (κ1) is 17.4. The minimum atomic E-state index is -3.04. The average molecular weight is 389 g/mol. The Bertz CT molecular complexity index is 875. The van der Waals surface area contributed by atoms with Crippen molar-refractivity contribution in [1.29, 1.82) is 0 Å². The Labute approximate surface area is 150 Å². The van der Waals surface area contributed by atoms with Gasteiger partial charge in [0.1, 0.15) is 10.9 Å². The fraction of sp³-hybridized carbons (Fsp3) is 0.500. The van der Waals surface area contributed by atoms with E-state index in [0.717, 1.165) is 0 Å². The second-order valence-corrected chi connectivity index (χ2v) is 8.98. The zero-order valence-electron chi connectivity index (χ0n) is 13.5. The van der Waals surface area contributed by atoms with Gasteiger partial charge in [-0.3, -0.25) is 9.69 Å². The van der Waals surface area contributed by atoms with Gasteiger partial charge in [0.15, 0.2) is 14.9 Å². The van der Waals surface area contributed by atoms with Crippen molar-refractivity contribution in [3.8, 4) is 0 Å². The van der Waals surface area contributed by atoms with Gasteiger partial charge in [0.2, 0.25) is 0 Å². The monoisotopic (exact) mass is 388 g/mol. The van der Waals surface area contributed by atoms with E-state index in [2.05, 4.69) is 5.10 Å². The van der Waals surface area contributed by atoms with Crippen LogP contribution >= 0.6 is 23.8 Å². The average Bonchev–Trinajstić information content (AvgIpc) is 3.07. The van der Waals surface area contributed by atoms with Crippen LogP contribution in [0.3, 0.4) is 0 Å². The minimum Gasteiger partial charge on any atom is -0.317 e. The molecule has 2 aliphatic rings. The number of nitrogens with zero attached hydrogens (tertiary/aromatic N) is 4. The summed E-state index contributed by atoms with van der Waals surface area (Å²) in [7, 11) is 0.290. The number of likely N-dealkylation sites (N-methyl/N-ethyl adjacent to an activating group) is 2. The molecule has 1 aromatic heterocycles. The van der Waals surface area contributed by atoms with Crippen LogP contribution in [0, 0.1) is 6.92 Å². The maximum atomic E-state index is 12.3. The van der Waals surface area contributed by atoms with Crippen LogP contribution in [0.5, 0.6) is 0 Å². The summed E-state index contributed by atoms with van der Waals surface area (Å²) < 4.78 is 24.9. The van der Waals surface area contributed by atoms with Crippen LogP contribution in [-0.4, -0.2) is 64.6 Å². The predicted molar refractivity (Wildman–Crippen MR) is 95.4 cm³/mol. The molecule has 0 aromatic carbocycles. The van der Waals surface area contributed by atoms with E-state index in [1.54, 1.807) is 36.7 Å². The molecule has 24 heavy (non-hydrogen) atoms. The Balaban J connectivity index is 2.01. The molecule has 1 unspecified atom stereocenters. The highest BCUT2D eigenvalue weighted by molar-refractivity contribution is 7.91. The van der Waals surface area contributed by atoms with E-state index < -0.39 is 9.84 Å². The van der Waals surface area contributed by atoms with Crippen LogP contribution in [0.25, 0.3) is 6.08 Å². The Morgan fingerprint density at radius 1 is 1.33 bits per heavy atom. The largest absolute Gasteiger partial charge is 0.317 e. The van der Waals surface area contributed by atoms with Crippen molar-refractivity contribution in [3.63, 3.8) is 0 Å². The smallest absolute Gasteiger partial charge is 0.276 e. The van der Waals surface area contributed by atoms with Crippen LogP contribution < -0.4 is 0 Å². The number of hydrogen-bond donors (Lipinski definition) is 0. The summed E-state index contributed by atoms with van der Waals surface area (Å²) in [4.78, 5) is 15.3. The molecule has 1 atom stereocenters. The highest BCUT2D eigenvalue weighted by atomic mass is 35.5. The van der Waals surface area contributed by atoms with Gasteiger partial charge >= 0.3 is 0 Å². The van der Waals surface area contributed by atoms with Crippen molar-refractivity contribution in [2.75, 3.05) is 25.6 Å². The van der Waals surface area contributed by atoms with Crippen molar-refractivity contribution in [2.24, 2.45) is 0 Å². The summed E-state index contributed by atoms with van der Waals surface area (Å²) >= 11 is 11.6. The van der Waals surface area contributed by atoms with E-state index in [9.17, 15) is 13.2 Å². The zero-order chi connectivity index (χ0) is 17.8.